The van der Waals surface area contributed by atoms with Gasteiger partial charge in [0, 0.05) is 36.8 Å². The Labute approximate surface area is 216 Å². The number of halogens is 4. The molecule has 5 rings (SSSR count). The minimum atomic E-state index is -4.99. The Morgan fingerprint density at radius 2 is 1.89 bits per heavy atom. The van der Waals surface area contributed by atoms with Crippen LogP contribution in [0.15, 0.2) is 36.5 Å². The lowest BCUT2D eigenvalue weighted by molar-refractivity contribution is -0.275. The average Bonchev–Trinajstić information content (AvgIpc) is 3.18. The minimum absolute atomic E-state index is 0.0129. The van der Waals surface area contributed by atoms with Crippen molar-refractivity contribution in [2.45, 2.75) is 58.0 Å². The van der Waals surface area contributed by atoms with E-state index < -0.39 is 23.9 Å². The molecule has 2 aromatic heterocycles. The number of carbonyl (C=O) groups is 2. The van der Waals surface area contributed by atoms with Crippen molar-refractivity contribution in [1.82, 2.24) is 14.5 Å². The number of carboxylic acid groups (broad SMARTS) is 1. The Morgan fingerprint density at radius 3 is 2.58 bits per heavy atom. The van der Waals surface area contributed by atoms with Crippen LogP contribution in [0.3, 0.4) is 0 Å². The summed E-state index contributed by atoms with van der Waals surface area (Å²) in [6, 6.07) is 7.11. The SMILES string of the molecule is O=C(C[C@H]1CC[C@H](C(=O)O)CC1)N1CCc2c(n(Cc3ccc(OC(F)(F)F)c(F)c3)c3ncccc23)C1. The molecule has 0 spiro atoms. The largest absolute Gasteiger partial charge is 0.573 e. The highest BCUT2D eigenvalue weighted by Crippen LogP contribution is 2.34. The fourth-order valence-corrected chi connectivity index (χ4v) is 5.67. The summed E-state index contributed by atoms with van der Waals surface area (Å²) in [6.45, 7) is 1.04. The number of alkyl halides is 3. The normalized spacial score (nSPS) is 19.8. The molecule has 3 heterocycles. The summed E-state index contributed by atoms with van der Waals surface area (Å²) in [4.78, 5) is 30.7. The van der Waals surface area contributed by atoms with Gasteiger partial charge in [0.05, 0.1) is 12.5 Å². The minimum Gasteiger partial charge on any atom is -0.481 e. The highest BCUT2D eigenvalue weighted by Gasteiger charge is 2.33. The molecular formula is C27H27F4N3O4. The van der Waals surface area contributed by atoms with Gasteiger partial charge in [-0.25, -0.2) is 9.37 Å². The zero-order chi connectivity index (χ0) is 27.0. The first kappa shape index (κ1) is 26.0. The highest BCUT2D eigenvalue weighted by atomic mass is 19.4. The van der Waals surface area contributed by atoms with Crippen LogP contribution in [0.25, 0.3) is 11.0 Å². The summed E-state index contributed by atoms with van der Waals surface area (Å²) < 4.78 is 57.6. The number of hydrogen-bond acceptors (Lipinski definition) is 4. The number of carboxylic acids is 1. The third-order valence-corrected chi connectivity index (χ3v) is 7.59. The number of benzene rings is 1. The number of carbonyl (C=O) groups excluding carboxylic acids is 1. The van der Waals surface area contributed by atoms with Crippen LogP contribution in [-0.2, 0) is 29.1 Å². The van der Waals surface area contributed by atoms with E-state index in [9.17, 15) is 32.3 Å². The zero-order valence-corrected chi connectivity index (χ0v) is 20.5. The van der Waals surface area contributed by atoms with Crippen LogP contribution in [-0.4, -0.2) is 44.3 Å². The molecule has 0 saturated heterocycles. The van der Waals surface area contributed by atoms with Crippen LogP contribution in [0.1, 0.15) is 48.9 Å². The quantitative estimate of drug-likeness (QED) is 0.436. The van der Waals surface area contributed by atoms with Crippen molar-refractivity contribution in [3.05, 3.63) is 59.2 Å². The highest BCUT2D eigenvalue weighted by molar-refractivity contribution is 5.84. The van der Waals surface area contributed by atoms with Crippen LogP contribution in [0.5, 0.6) is 5.75 Å². The van der Waals surface area contributed by atoms with Crippen molar-refractivity contribution < 1.29 is 37.0 Å². The third-order valence-electron chi connectivity index (χ3n) is 7.59. The van der Waals surface area contributed by atoms with Gasteiger partial charge in [-0.1, -0.05) is 6.07 Å². The predicted octanol–water partition coefficient (Wildman–Crippen LogP) is 5.29. The lowest BCUT2D eigenvalue weighted by Crippen LogP contribution is -2.38. The van der Waals surface area contributed by atoms with Gasteiger partial charge in [-0.2, -0.15) is 0 Å². The van der Waals surface area contributed by atoms with E-state index in [0.29, 0.717) is 62.8 Å². The molecule has 1 saturated carbocycles. The summed E-state index contributed by atoms with van der Waals surface area (Å²) in [5.74, 6) is -2.95. The van der Waals surface area contributed by atoms with Crippen molar-refractivity contribution in [3.63, 3.8) is 0 Å². The standard InChI is InChI=1S/C27H27F4N3O4/c28-21-12-17(5-8-23(21)38-27(29,30)31)14-34-22-15-33(11-9-19(22)20-2-1-10-32-25(20)34)24(35)13-16-3-6-18(7-4-16)26(36)37/h1-2,5,8,10,12,16,18H,3-4,6-7,9,11,13-15H2,(H,36,37)/t16-,18-. The number of amides is 1. The second kappa shape index (κ2) is 10.3. The fraction of sp³-hybridized carbons (Fsp3) is 0.444. The second-order valence-electron chi connectivity index (χ2n) is 10.0. The molecule has 0 radical (unpaired) electrons. The van der Waals surface area contributed by atoms with Gasteiger partial charge in [0.2, 0.25) is 5.91 Å². The summed E-state index contributed by atoms with van der Waals surface area (Å²) in [6.07, 6.45) is 0.231. The number of hydrogen-bond donors (Lipinski definition) is 1. The van der Waals surface area contributed by atoms with Crippen LogP contribution in [0.2, 0.25) is 0 Å². The van der Waals surface area contributed by atoms with E-state index >= 15 is 0 Å². The lowest BCUT2D eigenvalue weighted by atomic mass is 9.80. The van der Waals surface area contributed by atoms with Gasteiger partial charge in [-0.15, -0.1) is 13.2 Å². The van der Waals surface area contributed by atoms with Crippen LogP contribution in [0.4, 0.5) is 17.6 Å². The molecule has 1 aliphatic carbocycles. The Bertz CT molecular complexity index is 1360. The Kier molecular flexibility index (Phi) is 7.02. The van der Waals surface area contributed by atoms with E-state index in [4.69, 9.17) is 0 Å². The molecule has 1 fully saturated rings. The number of aliphatic carboxylic acids is 1. The number of aromatic nitrogens is 2. The Balaban J connectivity index is 1.35. The molecule has 7 nitrogen and oxygen atoms in total. The van der Waals surface area contributed by atoms with Crippen LogP contribution >= 0.6 is 0 Å². The summed E-state index contributed by atoms with van der Waals surface area (Å²) in [5, 5.41) is 10.1. The van der Waals surface area contributed by atoms with Gasteiger partial charge in [0.15, 0.2) is 11.6 Å². The van der Waals surface area contributed by atoms with Gasteiger partial charge in [0.25, 0.3) is 0 Å². The molecule has 2 aliphatic rings. The van der Waals surface area contributed by atoms with Crippen molar-refractivity contribution in [2.75, 3.05) is 6.54 Å². The molecule has 1 aromatic carbocycles. The molecule has 202 valence electrons. The van der Waals surface area contributed by atoms with Gasteiger partial charge in [0.1, 0.15) is 5.65 Å². The molecule has 3 aromatic rings. The maximum Gasteiger partial charge on any atom is 0.573 e. The number of ether oxygens (including phenoxy) is 1. The van der Waals surface area contributed by atoms with Gasteiger partial charge < -0.3 is 19.3 Å². The summed E-state index contributed by atoms with van der Waals surface area (Å²) in [7, 11) is 0. The fourth-order valence-electron chi connectivity index (χ4n) is 5.67. The van der Waals surface area contributed by atoms with Crippen molar-refractivity contribution in [2.24, 2.45) is 11.8 Å². The van der Waals surface area contributed by atoms with E-state index in [1.807, 2.05) is 16.7 Å². The first-order valence-corrected chi connectivity index (χ1v) is 12.6. The number of fused-ring (bicyclic) bond motifs is 3. The maximum absolute atomic E-state index is 14.4. The second-order valence-corrected chi connectivity index (χ2v) is 10.0. The molecule has 0 atom stereocenters. The third kappa shape index (κ3) is 5.46. The molecule has 0 unspecified atom stereocenters. The number of nitrogens with zero attached hydrogens (tertiary/aromatic N) is 3. The summed E-state index contributed by atoms with van der Waals surface area (Å²) in [5.41, 5.74) is 3.01. The first-order valence-electron chi connectivity index (χ1n) is 12.6. The van der Waals surface area contributed by atoms with Crippen molar-refractivity contribution in [1.29, 1.82) is 0 Å². The van der Waals surface area contributed by atoms with E-state index in [0.717, 1.165) is 28.8 Å². The van der Waals surface area contributed by atoms with E-state index in [1.165, 1.54) is 6.07 Å². The maximum atomic E-state index is 14.4. The lowest BCUT2D eigenvalue weighted by Gasteiger charge is -2.31. The predicted molar refractivity (Wildman–Crippen MR) is 129 cm³/mol. The molecule has 1 aliphatic heterocycles. The van der Waals surface area contributed by atoms with E-state index in [1.54, 1.807) is 11.1 Å². The van der Waals surface area contributed by atoms with E-state index in [2.05, 4.69) is 9.72 Å². The Morgan fingerprint density at radius 1 is 1.13 bits per heavy atom. The monoisotopic (exact) mass is 533 g/mol. The van der Waals surface area contributed by atoms with Gasteiger partial charge in [-0.3, -0.25) is 9.59 Å². The van der Waals surface area contributed by atoms with Crippen molar-refractivity contribution in [3.8, 4) is 5.75 Å². The van der Waals surface area contributed by atoms with Gasteiger partial charge >= 0.3 is 12.3 Å². The molecule has 38 heavy (non-hydrogen) atoms. The molecule has 1 amide bonds. The Hall–Kier alpha value is -3.63. The summed E-state index contributed by atoms with van der Waals surface area (Å²) >= 11 is 0. The average molecular weight is 534 g/mol. The number of pyridine rings is 1. The first-order chi connectivity index (χ1) is 18.1. The number of rotatable bonds is 6. The molecular weight excluding hydrogens is 506 g/mol. The molecule has 0 bridgehead atoms. The van der Waals surface area contributed by atoms with Gasteiger partial charge in [-0.05, 0) is 73.4 Å². The molecule has 11 heteroatoms. The van der Waals surface area contributed by atoms with Crippen LogP contribution < -0.4 is 4.74 Å². The van der Waals surface area contributed by atoms with Crippen LogP contribution in [0, 0.1) is 17.7 Å². The molecule has 1 N–H and O–H groups in total. The smallest absolute Gasteiger partial charge is 0.481 e. The van der Waals surface area contributed by atoms with Crippen molar-refractivity contribution >= 4 is 22.9 Å². The topological polar surface area (TPSA) is 84.7 Å². The zero-order valence-electron chi connectivity index (χ0n) is 20.5. The van der Waals surface area contributed by atoms with E-state index in [-0.39, 0.29) is 24.3 Å².